The topological polar surface area (TPSA) is 79.2 Å². The number of aliphatic hydroxyl groups excluding tert-OH is 1. The molecule has 160 valence electrons. The van der Waals surface area contributed by atoms with Crippen LogP contribution in [0, 0.1) is 5.41 Å². The third-order valence-corrected chi connectivity index (χ3v) is 6.85. The fourth-order valence-corrected chi connectivity index (χ4v) is 4.85. The van der Waals surface area contributed by atoms with Crippen LogP contribution in [0.1, 0.15) is 36.5 Å². The van der Waals surface area contributed by atoms with Crippen LogP contribution >= 0.6 is 0 Å². The third kappa shape index (κ3) is 3.60. The Balaban J connectivity index is 1.62. The first-order valence-electron chi connectivity index (χ1n) is 10.4. The molecule has 1 aliphatic heterocycles. The van der Waals surface area contributed by atoms with Gasteiger partial charge in [-0.3, -0.25) is 0 Å². The van der Waals surface area contributed by atoms with Crippen molar-refractivity contribution >= 4 is 6.09 Å². The zero-order valence-corrected chi connectivity index (χ0v) is 17.7. The average Bonchev–Trinajstić information content (AvgIpc) is 3.29. The molecular formula is C24H29NO5. The maximum absolute atomic E-state index is 11.6. The number of nitrogens with zero attached hydrogens (tertiary/aromatic N) is 1. The summed E-state index contributed by atoms with van der Waals surface area (Å²) in [6.45, 7) is 4.32. The summed E-state index contributed by atoms with van der Waals surface area (Å²) in [6.07, 6.45) is 0.130. The van der Waals surface area contributed by atoms with Crippen LogP contribution < -0.4 is 9.47 Å². The zero-order valence-electron chi connectivity index (χ0n) is 17.7. The number of benzene rings is 2. The molecule has 1 saturated heterocycles. The normalized spacial score (nSPS) is 24.5. The minimum Gasteiger partial charge on any atom is -0.493 e. The molecule has 0 radical (unpaired) electrons. The van der Waals surface area contributed by atoms with Crippen molar-refractivity contribution < 1.29 is 24.5 Å². The van der Waals surface area contributed by atoms with E-state index >= 15 is 0 Å². The molecule has 1 amide bonds. The second-order valence-electron chi connectivity index (χ2n) is 8.72. The maximum atomic E-state index is 11.6. The summed E-state index contributed by atoms with van der Waals surface area (Å²) in [5.74, 6) is 1.18. The van der Waals surface area contributed by atoms with Gasteiger partial charge in [0, 0.05) is 37.3 Å². The van der Waals surface area contributed by atoms with Crippen LogP contribution in [0.3, 0.4) is 0 Å². The van der Waals surface area contributed by atoms with E-state index in [1.807, 2.05) is 37.3 Å². The number of ether oxygens (including phenoxy) is 2. The lowest BCUT2D eigenvalue weighted by molar-refractivity contribution is 0.0481. The summed E-state index contributed by atoms with van der Waals surface area (Å²) in [4.78, 5) is 13.0. The Morgan fingerprint density at radius 2 is 1.83 bits per heavy atom. The van der Waals surface area contributed by atoms with Crippen LogP contribution in [-0.4, -0.2) is 53.6 Å². The zero-order chi connectivity index (χ0) is 21.5. The molecule has 30 heavy (non-hydrogen) atoms. The Hall–Kier alpha value is -2.73. The quantitative estimate of drug-likeness (QED) is 0.784. The first-order valence-corrected chi connectivity index (χ1v) is 10.4. The molecule has 0 spiro atoms. The number of likely N-dealkylation sites (tertiary alicyclic amines) is 1. The smallest absolute Gasteiger partial charge is 0.407 e. The van der Waals surface area contributed by atoms with Crippen molar-refractivity contribution in [2.75, 3.05) is 20.2 Å². The molecule has 1 fully saturated rings. The van der Waals surface area contributed by atoms with Gasteiger partial charge in [-0.15, -0.1) is 0 Å². The largest absolute Gasteiger partial charge is 0.493 e. The van der Waals surface area contributed by atoms with Crippen LogP contribution in [0.4, 0.5) is 4.79 Å². The molecule has 1 heterocycles. The lowest BCUT2D eigenvalue weighted by atomic mass is 9.72. The van der Waals surface area contributed by atoms with E-state index in [0.717, 1.165) is 18.4 Å². The second-order valence-corrected chi connectivity index (χ2v) is 8.72. The van der Waals surface area contributed by atoms with Crippen molar-refractivity contribution in [1.29, 1.82) is 0 Å². The monoisotopic (exact) mass is 411 g/mol. The van der Waals surface area contributed by atoms with Crippen molar-refractivity contribution in [3.05, 3.63) is 59.2 Å². The van der Waals surface area contributed by atoms with E-state index in [1.165, 1.54) is 16.0 Å². The van der Waals surface area contributed by atoms with Gasteiger partial charge in [-0.05, 0) is 35.7 Å². The number of rotatable bonds is 5. The number of hydrogen-bond acceptors (Lipinski definition) is 4. The summed E-state index contributed by atoms with van der Waals surface area (Å²) in [5, 5.41) is 20.0. The Morgan fingerprint density at radius 1 is 1.17 bits per heavy atom. The molecule has 2 aromatic rings. The highest BCUT2D eigenvalue weighted by atomic mass is 16.5. The minimum atomic E-state index is -0.960. The molecule has 0 aromatic heterocycles. The molecule has 2 aromatic carbocycles. The Bertz CT molecular complexity index is 918. The first-order chi connectivity index (χ1) is 14.3. The van der Waals surface area contributed by atoms with E-state index in [2.05, 4.69) is 12.1 Å². The van der Waals surface area contributed by atoms with Gasteiger partial charge in [0.2, 0.25) is 0 Å². The van der Waals surface area contributed by atoms with Crippen LogP contribution in [0.15, 0.2) is 42.5 Å². The predicted molar refractivity (Wildman–Crippen MR) is 113 cm³/mol. The third-order valence-electron chi connectivity index (χ3n) is 6.85. The minimum absolute atomic E-state index is 0.0359. The molecule has 3 atom stereocenters. The summed E-state index contributed by atoms with van der Waals surface area (Å²) < 4.78 is 11.9. The van der Waals surface area contributed by atoms with E-state index < -0.39 is 17.6 Å². The molecule has 1 aliphatic carbocycles. The molecule has 4 rings (SSSR count). The molecule has 6 nitrogen and oxygen atoms in total. The summed E-state index contributed by atoms with van der Waals surface area (Å²) >= 11 is 0. The van der Waals surface area contributed by atoms with Gasteiger partial charge in [-0.1, -0.05) is 37.3 Å². The van der Waals surface area contributed by atoms with E-state index in [9.17, 15) is 15.0 Å². The summed E-state index contributed by atoms with van der Waals surface area (Å²) in [5.41, 5.74) is 3.00. The lowest BCUT2D eigenvalue weighted by Crippen LogP contribution is -2.37. The second kappa shape index (κ2) is 7.84. The number of amides is 1. The van der Waals surface area contributed by atoms with Gasteiger partial charge in [-0.2, -0.15) is 0 Å². The number of carbonyl (C=O) groups is 1. The molecule has 0 unspecified atom stereocenters. The van der Waals surface area contributed by atoms with Crippen molar-refractivity contribution in [1.82, 2.24) is 4.90 Å². The van der Waals surface area contributed by atoms with Gasteiger partial charge < -0.3 is 24.6 Å². The van der Waals surface area contributed by atoms with Crippen LogP contribution in [-0.2, 0) is 12.8 Å². The number of aliphatic hydroxyl groups is 1. The Kier molecular flexibility index (Phi) is 5.36. The number of methoxy groups -OCH3 is 1. The predicted octanol–water partition coefficient (Wildman–Crippen LogP) is 3.71. The van der Waals surface area contributed by atoms with Crippen molar-refractivity contribution in [2.24, 2.45) is 5.41 Å². The van der Waals surface area contributed by atoms with Gasteiger partial charge in [0.15, 0.2) is 11.5 Å². The van der Waals surface area contributed by atoms with Gasteiger partial charge in [0.25, 0.3) is 0 Å². The van der Waals surface area contributed by atoms with Gasteiger partial charge in [0.1, 0.15) is 6.10 Å². The van der Waals surface area contributed by atoms with Crippen molar-refractivity contribution in [2.45, 2.75) is 44.8 Å². The maximum Gasteiger partial charge on any atom is 0.407 e. The molecule has 0 saturated carbocycles. The molecular weight excluding hydrogens is 382 g/mol. The first kappa shape index (κ1) is 20.5. The van der Waals surface area contributed by atoms with Gasteiger partial charge >= 0.3 is 6.09 Å². The highest BCUT2D eigenvalue weighted by molar-refractivity contribution is 5.66. The van der Waals surface area contributed by atoms with Crippen molar-refractivity contribution in [3.8, 4) is 11.5 Å². The van der Waals surface area contributed by atoms with Crippen LogP contribution in [0.5, 0.6) is 11.5 Å². The lowest BCUT2D eigenvalue weighted by Gasteiger charge is -2.33. The molecule has 2 aliphatic rings. The molecule has 2 N–H and O–H groups in total. The highest BCUT2D eigenvalue weighted by Gasteiger charge is 2.48. The highest BCUT2D eigenvalue weighted by Crippen LogP contribution is 2.47. The van der Waals surface area contributed by atoms with Crippen LogP contribution in [0.25, 0.3) is 0 Å². The summed E-state index contributed by atoms with van der Waals surface area (Å²) in [7, 11) is 1.62. The SMILES string of the molecule is COc1ccc([C@@H]2CN(C(=O)O)C[C@@]2(C)[C@@H](C)O)cc1OC1Cc2ccccc2C1. The number of carboxylic acid groups (broad SMARTS) is 1. The van der Waals surface area contributed by atoms with Gasteiger partial charge in [-0.25, -0.2) is 4.79 Å². The van der Waals surface area contributed by atoms with E-state index in [0.29, 0.717) is 24.6 Å². The number of fused-ring (bicyclic) bond motifs is 1. The van der Waals surface area contributed by atoms with Gasteiger partial charge in [0.05, 0.1) is 13.2 Å². The fourth-order valence-electron chi connectivity index (χ4n) is 4.85. The van der Waals surface area contributed by atoms with Crippen LogP contribution in [0.2, 0.25) is 0 Å². The van der Waals surface area contributed by atoms with E-state index in [4.69, 9.17) is 9.47 Å². The van der Waals surface area contributed by atoms with E-state index in [-0.39, 0.29) is 12.0 Å². The average molecular weight is 411 g/mol. The molecule has 0 bridgehead atoms. The standard InChI is InChI=1S/C24H29NO5/c1-15(26)24(2)14-25(23(27)28)13-20(24)18-8-9-21(29-3)22(12-18)30-19-10-16-6-4-5-7-17(16)11-19/h4-9,12,15,19-20,26H,10-11,13-14H2,1-3H3,(H,27,28)/t15-,20+,24+/m1/s1. The van der Waals surface area contributed by atoms with Crippen molar-refractivity contribution in [3.63, 3.8) is 0 Å². The fraction of sp³-hybridized carbons (Fsp3) is 0.458. The molecule has 6 heteroatoms. The summed E-state index contributed by atoms with van der Waals surface area (Å²) in [6, 6.07) is 14.2. The Labute approximate surface area is 177 Å². The van der Waals surface area contributed by atoms with E-state index in [1.54, 1.807) is 14.0 Å². The number of hydrogen-bond donors (Lipinski definition) is 2. The Morgan fingerprint density at radius 3 is 2.40 bits per heavy atom.